The number of carbonyl (C=O) groups is 1. The molecule has 140 valence electrons. The van der Waals surface area contributed by atoms with Gasteiger partial charge in [0, 0.05) is 5.56 Å². The van der Waals surface area contributed by atoms with Gasteiger partial charge in [0.05, 0.1) is 18.4 Å². The van der Waals surface area contributed by atoms with Crippen LogP contribution in [-0.4, -0.2) is 16.0 Å². The van der Waals surface area contributed by atoms with Crippen molar-refractivity contribution >= 4 is 5.91 Å². The number of nitrogens with zero attached hydrogens (tertiary/aromatic N) is 2. The molecular formula is C21H17N3O4. The molecule has 0 atom stereocenters. The van der Waals surface area contributed by atoms with Crippen LogP contribution in [0.1, 0.15) is 22.0 Å². The van der Waals surface area contributed by atoms with E-state index in [-0.39, 0.29) is 12.5 Å². The Kier molecular flexibility index (Phi) is 5.15. The van der Waals surface area contributed by atoms with E-state index in [0.717, 1.165) is 5.56 Å². The minimum atomic E-state index is -0.262. The zero-order valence-corrected chi connectivity index (χ0v) is 14.9. The Morgan fingerprint density at radius 3 is 2.64 bits per heavy atom. The molecule has 0 saturated heterocycles. The van der Waals surface area contributed by atoms with E-state index in [4.69, 9.17) is 13.7 Å². The standard InChI is InChI=1S/C21H17N3O4/c25-21(22-13-16-9-6-12-26-16)17-10-4-5-11-18(17)27-14-19-23-20(24-28-19)15-7-2-1-3-8-15/h1-12H,13-14H2,(H,22,25). The van der Waals surface area contributed by atoms with Crippen molar-refractivity contribution in [1.82, 2.24) is 15.5 Å². The SMILES string of the molecule is O=C(NCc1ccco1)c1ccccc1OCc1nc(-c2ccccc2)no1. The fourth-order valence-corrected chi connectivity index (χ4v) is 2.61. The van der Waals surface area contributed by atoms with Crippen LogP contribution < -0.4 is 10.1 Å². The summed E-state index contributed by atoms with van der Waals surface area (Å²) in [4.78, 5) is 16.8. The number of nitrogens with one attached hydrogen (secondary N) is 1. The van der Waals surface area contributed by atoms with E-state index in [1.165, 1.54) is 0 Å². The molecule has 7 heteroatoms. The number of aromatic nitrogens is 2. The average Bonchev–Trinajstić information content (AvgIpc) is 3.43. The van der Waals surface area contributed by atoms with Crippen LogP contribution in [0.3, 0.4) is 0 Å². The third-order valence-corrected chi connectivity index (χ3v) is 3.99. The summed E-state index contributed by atoms with van der Waals surface area (Å²) in [6, 6.07) is 20.1. The topological polar surface area (TPSA) is 90.4 Å². The van der Waals surface area contributed by atoms with E-state index in [1.807, 2.05) is 30.3 Å². The van der Waals surface area contributed by atoms with Crippen LogP contribution >= 0.6 is 0 Å². The first kappa shape index (κ1) is 17.5. The van der Waals surface area contributed by atoms with E-state index >= 15 is 0 Å². The second-order valence-electron chi connectivity index (χ2n) is 5.92. The molecule has 0 unspecified atom stereocenters. The van der Waals surface area contributed by atoms with Crippen molar-refractivity contribution in [2.45, 2.75) is 13.2 Å². The molecule has 2 heterocycles. The second kappa shape index (κ2) is 8.22. The van der Waals surface area contributed by atoms with Gasteiger partial charge >= 0.3 is 0 Å². The predicted molar refractivity (Wildman–Crippen MR) is 100 cm³/mol. The average molecular weight is 375 g/mol. The molecule has 28 heavy (non-hydrogen) atoms. The van der Waals surface area contributed by atoms with E-state index in [1.54, 1.807) is 42.7 Å². The number of furan rings is 1. The lowest BCUT2D eigenvalue weighted by molar-refractivity contribution is 0.0942. The van der Waals surface area contributed by atoms with Gasteiger partial charge in [-0.15, -0.1) is 0 Å². The fraction of sp³-hybridized carbons (Fsp3) is 0.0952. The van der Waals surface area contributed by atoms with E-state index < -0.39 is 0 Å². The molecule has 4 rings (SSSR count). The molecule has 0 bridgehead atoms. The van der Waals surface area contributed by atoms with Crippen LogP contribution in [0, 0.1) is 0 Å². The molecular weight excluding hydrogens is 358 g/mol. The first-order chi connectivity index (χ1) is 13.8. The highest BCUT2D eigenvalue weighted by Crippen LogP contribution is 2.20. The number of ether oxygens (including phenoxy) is 1. The quantitative estimate of drug-likeness (QED) is 0.528. The molecule has 0 aliphatic rings. The number of carbonyl (C=O) groups excluding carboxylic acids is 1. The molecule has 0 radical (unpaired) electrons. The highest BCUT2D eigenvalue weighted by Gasteiger charge is 2.14. The van der Waals surface area contributed by atoms with Gasteiger partial charge in [0.15, 0.2) is 6.61 Å². The molecule has 1 amide bonds. The lowest BCUT2D eigenvalue weighted by atomic mass is 10.2. The highest BCUT2D eigenvalue weighted by atomic mass is 16.5. The van der Waals surface area contributed by atoms with Crippen molar-refractivity contribution in [1.29, 1.82) is 0 Å². The highest BCUT2D eigenvalue weighted by molar-refractivity contribution is 5.96. The molecule has 2 aromatic heterocycles. The number of amides is 1. The molecule has 1 N–H and O–H groups in total. The Bertz CT molecular complexity index is 1040. The summed E-state index contributed by atoms with van der Waals surface area (Å²) >= 11 is 0. The van der Waals surface area contributed by atoms with Crippen molar-refractivity contribution in [3.63, 3.8) is 0 Å². The monoisotopic (exact) mass is 375 g/mol. The smallest absolute Gasteiger partial charge is 0.264 e. The Labute approximate surface area is 161 Å². The van der Waals surface area contributed by atoms with Gasteiger partial charge in [-0.1, -0.05) is 47.6 Å². The van der Waals surface area contributed by atoms with E-state index in [0.29, 0.717) is 35.3 Å². The molecule has 7 nitrogen and oxygen atoms in total. The van der Waals surface area contributed by atoms with Crippen LogP contribution in [0.2, 0.25) is 0 Å². The zero-order valence-electron chi connectivity index (χ0n) is 14.9. The fourth-order valence-electron chi connectivity index (χ4n) is 2.61. The maximum atomic E-state index is 12.5. The van der Waals surface area contributed by atoms with Gasteiger partial charge in [-0.25, -0.2) is 0 Å². The summed E-state index contributed by atoms with van der Waals surface area (Å²) in [6.45, 7) is 0.354. The van der Waals surface area contributed by atoms with Crippen molar-refractivity contribution in [3.05, 3.63) is 90.2 Å². The van der Waals surface area contributed by atoms with Gasteiger partial charge in [0.25, 0.3) is 11.8 Å². The molecule has 0 saturated carbocycles. The van der Waals surface area contributed by atoms with Crippen molar-refractivity contribution < 1.29 is 18.5 Å². The third-order valence-electron chi connectivity index (χ3n) is 3.99. The number of benzene rings is 2. The number of hydrogen-bond donors (Lipinski definition) is 1. The normalized spacial score (nSPS) is 10.6. The van der Waals surface area contributed by atoms with Gasteiger partial charge < -0.3 is 19.0 Å². The lowest BCUT2D eigenvalue weighted by Gasteiger charge is -2.09. The van der Waals surface area contributed by atoms with Crippen molar-refractivity contribution in [2.75, 3.05) is 0 Å². The maximum absolute atomic E-state index is 12.5. The van der Waals surface area contributed by atoms with Crippen LogP contribution in [-0.2, 0) is 13.2 Å². The van der Waals surface area contributed by atoms with Crippen LogP contribution in [0.5, 0.6) is 5.75 Å². The molecule has 0 aliphatic heterocycles. The van der Waals surface area contributed by atoms with E-state index in [9.17, 15) is 4.79 Å². The molecule has 4 aromatic rings. The van der Waals surface area contributed by atoms with Gasteiger partial charge in [0.2, 0.25) is 5.82 Å². The van der Waals surface area contributed by atoms with Crippen LogP contribution in [0.25, 0.3) is 11.4 Å². The van der Waals surface area contributed by atoms with Crippen molar-refractivity contribution in [3.8, 4) is 17.1 Å². The first-order valence-electron chi connectivity index (χ1n) is 8.70. The summed E-state index contributed by atoms with van der Waals surface area (Å²) in [5, 5.41) is 6.76. The number of rotatable bonds is 7. The Hall–Kier alpha value is -3.87. The van der Waals surface area contributed by atoms with E-state index in [2.05, 4.69) is 15.5 Å². The Morgan fingerprint density at radius 1 is 1.00 bits per heavy atom. The summed E-state index contributed by atoms with van der Waals surface area (Å²) in [7, 11) is 0. The molecule has 2 aromatic carbocycles. The number of para-hydroxylation sites is 1. The number of hydrogen-bond acceptors (Lipinski definition) is 6. The Morgan fingerprint density at radius 2 is 1.82 bits per heavy atom. The summed E-state index contributed by atoms with van der Waals surface area (Å²) in [6.07, 6.45) is 1.56. The lowest BCUT2D eigenvalue weighted by Crippen LogP contribution is -2.23. The largest absolute Gasteiger partial charge is 0.483 e. The van der Waals surface area contributed by atoms with Crippen LogP contribution in [0.15, 0.2) is 81.9 Å². The first-order valence-corrected chi connectivity index (χ1v) is 8.70. The third kappa shape index (κ3) is 4.09. The van der Waals surface area contributed by atoms with Gasteiger partial charge in [-0.3, -0.25) is 4.79 Å². The predicted octanol–water partition coefficient (Wildman–Crippen LogP) is 3.84. The summed E-state index contributed by atoms with van der Waals surface area (Å²) in [5.74, 6) is 1.65. The minimum Gasteiger partial charge on any atom is -0.483 e. The Balaban J connectivity index is 1.41. The van der Waals surface area contributed by atoms with Crippen molar-refractivity contribution in [2.24, 2.45) is 0 Å². The molecule has 0 fully saturated rings. The minimum absolute atomic E-state index is 0.0578. The second-order valence-corrected chi connectivity index (χ2v) is 5.92. The zero-order chi connectivity index (χ0) is 19.2. The van der Waals surface area contributed by atoms with Gasteiger partial charge in [-0.2, -0.15) is 4.98 Å². The molecule has 0 spiro atoms. The summed E-state index contributed by atoms with van der Waals surface area (Å²) < 4.78 is 16.2. The summed E-state index contributed by atoms with van der Waals surface area (Å²) in [5.41, 5.74) is 1.27. The maximum Gasteiger partial charge on any atom is 0.264 e. The van der Waals surface area contributed by atoms with Crippen LogP contribution in [0.4, 0.5) is 0 Å². The van der Waals surface area contributed by atoms with Gasteiger partial charge in [-0.05, 0) is 24.3 Å². The van der Waals surface area contributed by atoms with Gasteiger partial charge in [0.1, 0.15) is 11.5 Å². The molecule has 0 aliphatic carbocycles.